The van der Waals surface area contributed by atoms with E-state index in [1.807, 2.05) is 0 Å². The fourth-order valence-corrected chi connectivity index (χ4v) is 3.74. The minimum Gasteiger partial charge on any atom is -0.477 e. The summed E-state index contributed by atoms with van der Waals surface area (Å²) in [5, 5.41) is 9.48. The van der Waals surface area contributed by atoms with Crippen LogP contribution in [0.3, 0.4) is 0 Å². The molecule has 0 bridgehead atoms. The Bertz CT molecular complexity index is 1080. The molecule has 1 heterocycles. The van der Waals surface area contributed by atoms with Gasteiger partial charge in [-0.1, -0.05) is 30.3 Å². The summed E-state index contributed by atoms with van der Waals surface area (Å²) >= 11 is 0.954. The van der Waals surface area contributed by atoms with E-state index < -0.39 is 29.4 Å². The Hall–Kier alpha value is -3.20. The van der Waals surface area contributed by atoms with Crippen LogP contribution in [0.25, 0.3) is 10.4 Å². The third kappa shape index (κ3) is 4.14. The summed E-state index contributed by atoms with van der Waals surface area (Å²) in [5.74, 6) is -3.67. The Balaban J connectivity index is 1.99. The van der Waals surface area contributed by atoms with Gasteiger partial charge in [0.15, 0.2) is 0 Å². The number of nitrogens with zero attached hydrogens (tertiary/aromatic N) is 1. The molecule has 0 aliphatic carbocycles. The van der Waals surface area contributed by atoms with Crippen LogP contribution in [0.4, 0.5) is 23.2 Å². The number of alkyl halides is 3. The van der Waals surface area contributed by atoms with Crippen LogP contribution in [0.15, 0.2) is 54.6 Å². The first-order valence-corrected chi connectivity index (χ1v) is 8.98. The van der Waals surface area contributed by atoms with Gasteiger partial charge >= 0.3 is 12.1 Å². The fourth-order valence-electron chi connectivity index (χ4n) is 2.71. The molecule has 0 spiro atoms. The average molecular weight is 423 g/mol. The second-order valence-corrected chi connectivity index (χ2v) is 7.10. The molecule has 0 atom stereocenters. The van der Waals surface area contributed by atoms with Crippen LogP contribution < -0.4 is 4.90 Å². The van der Waals surface area contributed by atoms with Gasteiger partial charge in [-0.2, -0.15) is 13.2 Å². The van der Waals surface area contributed by atoms with Gasteiger partial charge in [0.2, 0.25) is 0 Å². The van der Waals surface area contributed by atoms with Crippen molar-refractivity contribution in [1.29, 1.82) is 0 Å². The molecule has 0 fully saturated rings. The predicted octanol–water partition coefficient (Wildman–Crippen LogP) is 5.55. The van der Waals surface area contributed by atoms with E-state index in [-0.39, 0.29) is 16.1 Å². The normalized spacial score (nSPS) is 11.3. The molecular formula is C20H13F4NO3S. The lowest BCUT2D eigenvalue weighted by molar-refractivity contribution is -0.140. The number of carbonyl (C=O) groups is 2. The average Bonchev–Trinajstić information content (AvgIpc) is 3.12. The highest BCUT2D eigenvalue weighted by Gasteiger charge is 2.34. The van der Waals surface area contributed by atoms with Crippen molar-refractivity contribution >= 4 is 28.9 Å². The quantitative estimate of drug-likeness (QED) is 0.560. The molecule has 1 N–H and O–H groups in total. The molecule has 150 valence electrons. The number of carboxylic acid groups (broad SMARTS) is 1. The van der Waals surface area contributed by atoms with Crippen molar-refractivity contribution in [2.24, 2.45) is 0 Å². The third-order valence-electron chi connectivity index (χ3n) is 4.15. The Morgan fingerprint density at radius 1 is 1.03 bits per heavy atom. The van der Waals surface area contributed by atoms with Gasteiger partial charge in [0.1, 0.15) is 10.7 Å². The number of hydrogen-bond acceptors (Lipinski definition) is 3. The van der Waals surface area contributed by atoms with Crippen molar-refractivity contribution in [3.05, 3.63) is 76.4 Å². The molecule has 0 saturated carbocycles. The molecule has 1 aromatic heterocycles. The third-order valence-corrected chi connectivity index (χ3v) is 5.31. The molecule has 0 unspecified atom stereocenters. The number of rotatable bonds is 4. The SMILES string of the molecule is CN(C(=O)c1ccc(C(F)(F)F)c(F)c1)c1cc(-c2ccccc2)sc1C(=O)O. The van der Waals surface area contributed by atoms with Gasteiger partial charge in [0, 0.05) is 17.5 Å². The van der Waals surface area contributed by atoms with E-state index in [2.05, 4.69) is 0 Å². The molecule has 0 saturated heterocycles. The Kier molecular flexibility index (Phi) is 5.43. The van der Waals surface area contributed by atoms with Crippen LogP contribution in [0.1, 0.15) is 25.6 Å². The topological polar surface area (TPSA) is 57.6 Å². The number of halogens is 4. The van der Waals surface area contributed by atoms with Crippen LogP contribution in [-0.2, 0) is 6.18 Å². The zero-order valence-corrected chi connectivity index (χ0v) is 15.6. The van der Waals surface area contributed by atoms with Crippen molar-refractivity contribution in [2.75, 3.05) is 11.9 Å². The van der Waals surface area contributed by atoms with Crippen LogP contribution in [0, 0.1) is 5.82 Å². The van der Waals surface area contributed by atoms with Crippen molar-refractivity contribution in [1.82, 2.24) is 0 Å². The number of benzene rings is 2. The standard InChI is InChI=1S/C20H13F4NO3S/c1-25(18(26)12-7-8-13(14(21)9-12)20(22,23)24)15-10-16(29-17(15)19(27)28)11-5-3-2-4-6-11/h2-10H,1H3,(H,27,28). The van der Waals surface area contributed by atoms with Crippen LogP contribution in [-0.4, -0.2) is 24.0 Å². The predicted molar refractivity (Wildman–Crippen MR) is 101 cm³/mol. The van der Waals surface area contributed by atoms with E-state index in [0.717, 1.165) is 27.9 Å². The summed E-state index contributed by atoms with van der Waals surface area (Å²) in [4.78, 5) is 25.8. The smallest absolute Gasteiger partial charge is 0.419 e. The molecule has 4 nitrogen and oxygen atoms in total. The van der Waals surface area contributed by atoms with E-state index in [4.69, 9.17) is 0 Å². The minimum atomic E-state index is -4.88. The minimum absolute atomic E-state index is 0.0617. The number of hydrogen-bond donors (Lipinski definition) is 1. The zero-order valence-electron chi connectivity index (χ0n) is 14.8. The Morgan fingerprint density at radius 2 is 1.69 bits per heavy atom. The molecule has 0 aliphatic heterocycles. The molecule has 0 aliphatic rings. The first kappa shape index (κ1) is 20.5. The van der Waals surface area contributed by atoms with E-state index in [1.54, 1.807) is 30.3 Å². The highest BCUT2D eigenvalue weighted by molar-refractivity contribution is 7.18. The maximum atomic E-state index is 13.8. The fraction of sp³-hybridized carbons (Fsp3) is 0.100. The van der Waals surface area contributed by atoms with Gasteiger partial charge in [0.05, 0.1) is 11.3 Å². The molecule has 2 aromatic carbocycles. The summed E-state index contributed by atoms with van der Waals surface area (Å²) in [7, 11) is 1.28. The van der Waals surface area contributed by atoms with Crippen LogP contribution >= 0.6 is 11.3 Å². The summed E-state index contributed by atoms with van der Waals surface area (Å²) in [6.45, 7) is 0. The molecule has 3 rings (SSSR count). The summed E-state index contributed by atoms with van der Waals surface area (Å²) in [6, 6.07) is 12.2. The lowest BCUT2D eigenvalue weighted by atomic mass is 10.1. The monoisotopic (exact) mass is 423 g/mol. The van der Waals surface area contributed by atoms with E-state index in [9.17, 15) is 32.3 Å². The number of anilines is 1. The van der Waals surface area contributed by atoms with Gasteiger partial charge in [-0.05, 0) is 29.8 Å². The Labute approximate surface area is 166 Å². The van der Waals surface area contributed by atoms with Gasteiger partial charge in [-0.3, -0.25) is 4.79 Å². The molecule has 1 amide bonds. The highest BCUT2D eigenvalue weighted by Crippen LogP contribution is 2.37. The lowest BCUT2D eigenvalue weighted by Crippen LogP contribution is -2.27. The second kappa shape index (κ2) is 7.67. The molecule has 0 radical (unpaired) electrons. The van der Waals surface area contributed by atoms with E-state index in [0.29, 0.717) is 17.0 Å². The number of carboxylic acids is 1. The Morgan fingerprint density at radius 3 is 2.24 bits per heavy atom. The van der Waals surface area contributed by atoms with E-state index in [1.165, 1.54) is 13.1 Å². The van der Waals surface area contributed by atoms with Gasteiger partial charge in [-0.25, -0.2) is 9.18 Å². The number of aromatic carboxylic acids is 1. The van der Waals surface area contributed by atoms with Gasteiger partial charge in [-0.15, -0.1) is 11.3 Å². The maximum Gasteiger partial charge on any atom is 0.419 e. The van der Waals surface area contributed by atoms with Crippen molar-refractivity contribution in [2.45, 2.75) is 6.18 Å². The number of carbonyl (C=O) groups excluding carboxylic acids is 1. The van der Waals surface area contributed by atoms with Crippen molar-refractivity contribution < 1.29 is 32.3 Å². The largest absolute Gasteiger partial charge is 0.477 e. The lowest BCUT2D eigenvalue weighted by Gasteiger charge is -2.17. The molecule has 3 aromatic rings. The number of thiophene rings is 1. The van der Waals surface area contributed by atoms with Gasteiger partial charge in [0.25, 0.3) is 5.91 Å². The van der Waals surface area contributed by atoms with Crippen molar-refractivity contribution in [3.63, 3.8) is 0 Å². The second-order valence-electron chi connectivity index (χ2n) is 6.05. The summed E-state index contributed by atoms with van der Waals surface area (Å²) in [5.41, 5.74) is -1.01. The first-order valence-electron chi connectivity index (χ1n) is 8.17. The number of amides is 1. The van der Waals surface area contributed by atoms with Crippen molar-refractivity contribution in [3.8, 4) is 10.4 Å². The van der Waals surface area contributed by atoms with Crippen LogP contribution in [0.2, 0.25) is 0 Å². The molecular weight excluding hydrogens is 410 g/mol. The molecule has 29 heavy (non-hydrogen) atoms. The molecule has 9 heteroatoms. The zero-order chi connectivity index (χ0) is 21.3. The maximum absolute atomic E-state index is 13.8. The first-order chi connectivity index (χ1) is 13.6. The summed E-state index contributed by atoms with van der Waals surface area (Å²) < 4.78 is 52.0. The van der Waals surface area contributed by atoms with Crippen LogP contribution in [0.5, 0.6) is 0 Å². The van der Waals surface area contributed by atoms with Gasteiger partial charge < -0.3 is 10.0 Å². The van der Waals surface area contributed by atoms with E-state index >= 15 is 0 Å². The highest BCUT2D eigenvalue weighted by atomic mass is 32.1. The summed E-state index contributed by atoms with van der Waals surface area (Å²) in [6.07, 6.45) is -4.88.